The molecule has 0 spiro atoms. The molecule has 0 bridgehead atoms. The highest BCUT2D eigenvalue weighted by molar-refractivity contribution is 7.18. The number of rotatable bonds is 5. The van der Waals surface area contributed by atoms with Crippen LogP contribution in [0.1, 0.15) is 15.2 Å². The van der Waals surface area contributed by atoms with Gasteiger partial charge in [-0.25, -0.2) is 18.7 Å². The summed E-state index contributed by atoms with van der Waals surface area (Å²) in [5, 5.41) is 3.31. The van der Waals surface area contributed by atoms with Crippen LogP contribution in [0.3, 0.4) is 0 Å². The second kappa shape index (κ2) is 8.33. The van der Waals surface area contributed by atoms with E-state index in [1.807, 2.05) is 12.1 Å². The molecule has 1 saturated heterocycles. The molecule has 2 aromatic heterocycles. The molecule has 0 radical (unpaired) electrons. The van der Waals surface area contributed by atoms with Gasteiger partial charge in [0.15, 0.2) is 5.13 Å². The van der Waals surface area contributed by atoms with Gasteiger partial charge in [-0.2, -0.15) is 0 Å². The van der Waals surface area contributed by atoms with E-state index in [9.17, 15) is 13.6 Å². The average molecular weight is 431 g/mol. The second-order valence-electron chi connectivity index (χ2n) is 7.13. The molecule has 1 aliphatic heterocycles. The number of quaternary nitrogens is 1. The minimum Gasteiger partial charge on any atom is -0.382 e. The number of pyridine rings is 1. The first-order chi connectivity index (χ1) is 14.4. The highest BCUT2D eigenvalue weighted by atomic mass is 32.1. The third-order valence-electron chi connectivity index (χ3n) is 5.01. The molecule has 0 aliphatic carbocycles. The van der Waals surface area contributed by atoms with Crippen LogP contribution in [0.15, 0.2) is 36.5 Å². The molecule has 10 heteroatoms. The summed E-state index contributed by atoms with van der Waals surface area (Å²) in [5.41, 5.74) is 6.23. The number of nitrogen functional groups attached to an aromatic ring is 1. The minimum absolute atomic E-state index is 0.0296. The Morgan fingerprint density at radius 1 is 1.20 bits per heavy atom. The van der Waals surface area contributed by atoms with Crippen molar-refractivity contribution in [2.24, 2.45) is 0 Å². The Balaban J connectivity index is 1.49. The number of piperazine rings is 1. The normalized spacial score (nSPS) is 14.7. The number of nitrogens with two attached hydrogens (primary N) is 1. The molecule has 4 N–H and O–H groups in total. The largest absolute Gasteiger partial charge is 0.382 e. The fraction of sp³-hybridized carbons (Fsp3) is 0.250. The first-order valence-corrected chi connectivity index (χ1v) is 10.3. The Kier molecular flexibility index (Phi) is 5.60. The first-order valence-electron chi connectivity index (χ1n) is 9.46. The van der Waals surface area contributed by atoms with E-state index in [4.69, 9.17) is 5.73 Å². The number of nitrogens with zero attached hydrogens (tertiary/aromatic N) is 3. The molecule has 0 amide bonds. The van der Waals surface area contributed by atoms with Gasteiger partial charge in [-0.1, -0.05) is 17.4 Å². The van der Waals surface area contributed by atoms with Crippen molar-refractivity contribution in [2.75, 3.05) is 49.2 Å². The lowest BCUT2D eigenvalue weighted by Gasteiger charge is -2.31. The number of hydrogen-bond donors (Lipinski definition) is 3. The number of carbonyl (C=O) groups excluding carboxylic acids is 1. The van der Waals surface area contributed by atoms with Gasteiger partial charge >= 0.3 is 0 Å². The molecule has 1 aromatic carbocycles. The van der Waals surface area contributed by atoms with Crippen molar-refractivity contribution in [1.29, 1.82) is 0 Å². The van der Waals surface area contributed by atoms with Crippen molar-refractivity contribution in [3.8, 4) is 0 Å². The quantitative estimate of drug-likeness (QED) is 0.533. The molecule has 4 rings (SSSR count). The third-order valence-corrected chi connectivity index (χ3v) is 6.00. The number of aromatic nitrogens is 2. The topological polar surface area (TPSA) is 88.6 Å². The van der Waals surface area contributed by atoms with Gasteiger partial charge in [0.2, 0.25) is 5.78 Å². The van der Waals surface area contributed by atoms with E-state index in [0.29, 0.717) is 10.9 Å². The second-order valence-corrected chi connectivity index (χ2v) is 8.13. The summed E-state index contributed by atoms with van der Waals surface area (Å²) in [4.78, 5) is 24.8. The molecule has 156 valence electrons. The van der Waals surface area contributed by atoms with Gasteiger partial charge in [0.05, 0.1) is 50.7 Å². The van der Waals surface area contributed by atoms with Gasteiger partial charge < -0.3 is 20.9 Å². The van der Waals surface area contributed by atoms with E-state index < -0.39 is 23.0 Å². The molecule has 1 aliphatic rings. The zero-order chi connectivity index (χ0) is 21.3. The predicted octanol–water partition coefficient (Wildman–Crippen LogP) is 1.71. The summed E-state index contributed by atoms with van der Waals surface area (Å²) in [5.74, 6) is -2.28. The van der Waals surface area contributed by atoms with Crippen LogP contribution in [0.4, 0.5) is 31.2 Å². The van der Waals surface area contributed by atoms with Crippen LogP contribution in [0.25, 0.3) is 0 Å². The number of thiazole rings is 1. The van der Waals surface area contributed by atoms with Crippen molar-refractivity contribution in [3.05, 3.63) is 58.6 Å². The van der Waals surface area contributed by atoms with E-state index in [-0.39, 0.29) is 10.7 Å². The molecule has 1 fully saturated rings. The molecule has 3 heterocycles. The summed E-state index contributed by atoms with van der Waals surface area (Å²) in [6.07, 6.45) is 1.78. The van der Waals surface area contributed by atoms with Crippen LogP contribution in [-0.4, -0.2) is 49.0 Å². The number of benzene rings is 1. The zero-order valence-corrected chi connectivity index (χ0v) is 17.1. The van der Waals surface area contributed by atoms with Gasteiger partial charge in [-0.05, 0) is 24.3 Å². The Morgan fingerprint density at radius 2 is 1.90 bits per heavy atom. The highest BCUT2D eigenvalue weighted by Crippen LogP contribution is 2.30. The van der Waals surface area contributed by atoms with Crippen LogP contribution < -0.4 is 20.9 Å². The highest BCUT2D eigenvalue weighted by Gasteiger charge is 2.24. The van der Waals surface area contributed by atoms with Gasteiger partial charge in [0.25, 0.3) is 0 Å². The van der Waals surface area contributed by atoms with Gasteiger partial charge in [-0.15, -0.1) is 0 Å². The van der Waals surface area contributed by atoms with Crippen LogP contribution in [-0.2, 0) is 0 Å². The number of ketones is 1. The van der Waals surface area contributed by atoms with Crippen LogP contribution in [0.5, 0.6) is 0 Å². The third kappa shape index (κ3) is 4.10. The number of hydrogen-bond acceptors (Lipinski definition) is 7. The summed E-state index contributed by atoms with van der Waals surface area (Å²) in [6, 6.07) is 7.03. The van der Waals surface area contributed by atoms with Crippen LogP contribution in [0.2, 0.25) is 0 Å². The summed E-state index contributed by atoms with van der Waals surface area (Å²) in [7, 11) is 2.18. The lowest BCUT2D eigenvalue weighted by Crippen LogP contribution is -3.12. The lowest BCUT2D eigenvalue weighted by atomic mass is 10.1. The number of anilines is 4. The number of halogens is 2. The predicted molar refractivity (Wildman–Crippen MR) is 113 cm³/mol. The van der Waals surface area contributed by atoms with Crippen molar-refractivity contribution < 1.29 is 18.5 Å². The van der Waals surface area contributed by atoms with Crippen molar-refractivity contribution >= 4 is 39.6 Å². The molecular weight excluding hydrogens is 410 g/mol. The molecule has 0 atom stereocenters. The van der Waals surface area contributed by atoms with E-state index >= 15 is 0 Å². The maximum absolute atomic E-state index is 13.9. The number of likely N-dealkylation sites (N-methyl/N-ethyl adjacent to an activating group) is 1. The maximum Gasteiger partial charge on any atom is 0.212 e. The molecule has 3 aromatic rings. The smallest absolute Gasteiger partial charge is 0.212 e. The van der Waals surface area contributed by atoms with Gasteiger partial charge in [0.1, 0.15) is 28.1 Å². The van der Waals surface area contributed by atoms with Crippen LogP contribution in [0, 0.1) is 11.6 Å². The minimum atomic E-state index is -0.940. The molecular formula is C20H21F2N6OS+. The molecule has 30 heavy (non-hydrogen) atoms. The van der Waals surface area contributed by atoms with E-state index in [1.54, 1.807) is 6.20 Å². The Morgan fingerprint density at radius 3 is 2.53 bits per heavy atom. The van der Waals surface area contributed by atoms with Crippen molar-refractivity contribution in [3.63, 3.8) is 0 Å². The molecule has 0 unspecified atom stereocenters. The summed E-state index contributed by atoms with van der Waals surface area (Å²) in [6.45, 7) is 4.11. The fourth-order valence-corrected chi connectivity index (χ4v) is 4.12. The summed E-state index contributed by atoms with van der Waals surface area (Å²) >= 11 is 0.924. The Bertz CT molecular complexity index is 1040. The monoisotopic (exact) mass is 431 g/mol. The van der Waals surface area contributed by atoms with Crippen molar-refractivity contribution in [1.82, 2.24) is 9.97 Å². The van der Waals surface area contributed by atoms with Crippen molar-refractivity contribution in [2.45, 2.75) is 0 Å². The van der Waals surface area contributed by atoms with Gasteiger partial charge in [-0.3, -0.25) is 4.79 Å². The average Bonchev–Trinajstić information content (AvgIpc) is 3.09. The maximum atomic E-state index is 13.9. The number of carbonyl (C=O) groups is 1. The first kappa shape index (κ1) is 20.2. The standard InChI is InChI=1S/C20H20F2N6OS/c1-27-7-9-28(10-8-27)12-5-6-15(24-11-12)25-20-26-19(23)18(30-20)17(29)16-13(21)3-2-4-14(16)22/h2-6,11H,7-10,23H2,1H3,(H,24,25,26)/p+1. The molecule has 7 nitrogen and oxygen atoms in total. The number of nitrogens with one attached hydrogen (secondary N) is 2. The lowest BCUT2D eigenvalue weighted by molar-refractivity contribution is -0.880. The fourth-order valence-electron chi connectivity index (χ4n) is 3.28. The van der Waals surface area contributed by atoms with E-state index in [0.717, 1.165) is 55.3 Å². The van der Waals surface area contributed by atoms with E-state index in [2.05, 4.69) is 27.2 Å². The van der Waals surface area contributed by atoms with E-state index in [1.165, 1.54) is 11.0 Å². The zero-order valence-electron chi connectivity index (χ0n) is 16.3. The van der Waals surface area contributed by atoms with Gasteiger partial charge in [0, 0.05) is 0 Å². The Labute approximate surface area is 176 Å². The SMILES string of the molecule is C[NH+]1CCN(c2ccc(Nc3nc(N)c(C(=O)c4c(F)cccc4F)s3)nc2)CC1. The Hall–Kier alpha value is -3.11. The molecule has 0 saturated carbocycles. The van der Waals surface area contributed by atoms with Crippen LogP contribution >= 0.6 is 11.3 Å². The summed E-state index contributed by atoms with van der Waals surface area (Å²) < 4.78 is 27.9.